The molecule has 36 heavy (non-hydrogen) atoms. The molecule has 1 saturated heterocycles. The van der Waals surface area contributed by atoms with E-state index in [1.54, 1.807) is 12.1 Å². The van der Waals surface area contributed by atoms with Gasteiger partial charge in [0, 0.05) is 44.0 Å². The number of para-hydroxylation sites is 1. The zero-order valence-electron chi connectivity index (χ0n) is 19.3. The summed E-state index contributed by atoms with van der Waals surface area (Å²) in [5, 5.41) is 13.9. The number of nitrogens with zero attached hydrogens (tertiary/aromatic N) is 6. The second-order valence-corrected chi connectivity index (χ2v) is 8.68. The molecule has 2 aliphatic heterocycles. The van der Waals surface area contributed by atoms with Crippen LogP contribution in [0.15, 0.2) is 66.9 Å². The molecule has 1 fully saturated rings. The van der Waals surface area contributed by atoms with Gasteiger partial charge in [0.1, 0.15) is 11.6 Å². The molecule has 0 spiro atoms. The Kier molecular flexibility index (Phi) is 6.24. The average Bonchev–Trinajstić information content (AvgIpc) is 3.33. The van der Waals surface area contributed by atoms with E-state index in [2.05, 4.69) is 33.1 Å². The monoisotopic (exact) mass is 492 g/mol. The Labute approximate surface area is 206 Å². The van der Waals surface area contributed by atoms with E-state index in [-0.39, 0.29) is 30.4 Å². The topological polar surface area (TPSA) is 68.4 Å². The predicted octanol–water partition coefficient (Wildman–Crippen LogP) is 3.83. The maximum atomic E-state index is 13.3. The highest BCUT2D eigenvalue weighted by atomic mass is 19.4. The van der Waals surface area contributed by atoms with Crippen LogP contribution >= 0.6 is 0 Å². The Hall–Kier alpha value is -4.10. The van der Waals surface area contributed by atoms with Crippen molar-refractivity contribution in [2.45, 2.75) is 6.18 Å². The molecule has 2 aromatic carbocycles. The largest absolute Gasteiger partial charge is 0.416 e. The summed E-state index contributed by atoms with van der Waals surface area (Å²) >= 11 is 0. The van der Waals surface area contributed by atoms with Gasteiger partial charge in [0.25, 0.3) is 0 Å². The lowest BCUT2D eigenvalue weighted by Crippen LogP contribution is -2.51. The van der Waals surface area contributed by atoms with Gasteiger partial charge in [0.15, 0.2) is 5.82 Å². The van der Waals surface area contributed by atoms with Crippen molar-refractivity contribution in [2.75, 3.05) is 49.1 Å². The number of piperazine rings is 1. The SMILES string of the molecule is N#Cc1cnn2c1N(C(=O)CN1CCN(c3ccccc3)CC1)CC=C2c1cccc(C(F)(F)F)c1. The molecule has 10 heteroatoms. The number of hydrogen-bond donors (Lipinski definition) is 0. The van der Waals surface area contributed by atoms with Gasteiger partial charge in [-0.3, -0.25) is 14.6 Å². The highest BCUT2D eigenvalue weighted by molar-refractivity contribution is 5.97. The highest BCUT2D eigenvalue weighted by Crippen LogP contribution is 2.34. The van der Waals surface area contributed by atoms with E-state index in [1.165, 1.54) is 21.8 Å². The van der Waals surface area contributed by atoms with Gasteiger partial charge < -0.3 is 4.90 Å². The van der Waals surface area contributed by atoms with Crippen LogP contribution in [-0.2, 0) is 11.0 Å². The summed E-state index contributed by atoms with van der Waals surface area (Å²) in [5.74, 6) is 0.0843. The number of anilines is 2. The number of rotatable bonds is 4. The number of alkyl halides is 3. The van der Waals surface area contributed by atoms with E-state index in [4.69, 9.17) is 0 Å². The van der Waals surface area contributed by atoms with Gasteiger partial charge in [-0.2, -0.15) is 23.5 Å². The van der Waals surface area contributed by atoms with Gasteiger partial charge in [0.2, 0.25) is 5.91 Å². The molecular formula is C26H23F3N6O. The van der Waals surface area contributed by atoms with Crippen LogP contribution in [0.1, 0.15) is 16.7 Å². The number of fused-ring (bicyclic) bond motifs is 1. The van der Waals surface area contributed by atoms with Crippen LogP contribution in [0.25, 0.3) is 5.70 Å². The van der Waals surface area contributed by atoms with Crippen molar-refractivity contribution < 1.29 is 18.0 Å². The molecule has 184 valence electrons. The molecule has 0 radical (unpaired) electrons. The second-order valence-electron chi connectivity index (χ2n) is 8.68. The summed E-state index contributed by atoms with van der Waals surface area (Å²) in [6.45, 7) is 3.31. The summed E-state index contributed by atoms with van der Waals surface area (Å²) in [6, 6.07) is 17.1. The Morgan fingerprint density at radius 3 is 2.47 bits per heavy atom. The normalized spacial score (nSPS) is 16.3. The van der Waals surface area contributed by atoms with Gasteiger partial charge in [-0.25, -0.2) is 4.68 Å². The molecule has 7 nitrogen and oxygen atoms in total. The molecule has 0 N–H and O–H groups in total. The Morgan fingerprint density at radius 2 is 1.78 bits per heavy atom. The third-order valence-corrected chi connectivity index (χ3v) is 6.45. The minimum atomic E-state index is -4.48. The lowest BCUT2D eigenvalue weighted by Gasteiger charge is -2.37. The maximum Gasteiger partial charge on any atom is 0.416 e. The summed E-state index contributed by atoms with van der Waals surface area (Å²) in [7, 11) is 0. The van der Waals surface area contributed by atoms with Gasteiger partial charge >= 0.3 is 6.18 Å². The molecule has 3 heterocycles. The third-order valence-electron chi connectivity index (χ3n) is 6.45. The number of aromatic nitrogens is 2. The van der Waals surface area contributed by atoms with Crippen LogP contribution < -0.4 is 9.80 Å². The quantitative estimate of drug-likeness (QED) is 0.554. The zero-order valence-corrected chi connectivity index (χ0v) is 19.3. The number of benzene rings is 2. The Morgan fingerprint density at radius 1 is 1.03 bits per heavy atom. The summed E-state index contributed by atoms with van der Waals surface area (Å²) in [5.41, 5.74) is 1.27. The lowest BCUT2D eigenvalue weighted by atomic mass is 10.1. The van der Waals surface area contributed by atoms with Crippen LogP contribution in [0.2, 0.25) is 0 Å². The Bertz CT molecular complexity index is 1330. The van der Waals surface area contributed by atoms with Crippen LogP contribution in [0, 0.1) is 11.3 Å². The fourth-order valence-corrected chi connectivity index (χ4v) is 4.60. The molecule has 1 aromatic heterocycles. The van der Waals surface area contributed by atoms with Gasteiger partial charge in [-0.1, -0.05) is 30.3 Å². The highest BCUT2D eigenvalue weighted by Gasteiger charge is 2.33. The zero-order chi connectivity index (χ0) is 25.3. The minimum Gasteiger partial charge on any atom is -0.369 e. The van der Waals surface area contributed by atoms with Crippen molar-refractivity contribution in [2.24, 2.45) is 0 Å². The number of amides is 1. The van der Waals surface area contributed by atoms with E-state index in [0.29, 0.717) is 24.4 Å². The molecular weight excluding hydrogens is 469 g/mol. The Balaban J connectivity index is 1.33. The van der Waals surface area contributed by atoms with Crippen LogP contribution in [-0.4, -0.2) is 59.9 Å². The molecule has 1 amide bonds. The van der Waals surface area contributed by atoms with Crippen molar-refractivity contribution in [3.63, 3.8) is 0 Å². The first-order valence-electron chi connectivity index (χ1n) is 11.5. The van der Waals surface area contributed by atoms with E-state index >= 15 is 0 Å². The second kappa shape index (κ2) is 9.51. The van der Waals surface area contributed by atoms with Crippen molar-refractivity contribution in [3.8, 4) is 6.07 Å². The van der Waals surface area contributed by atoms with Crippen molar-refractivity contribution in [1.82, 2.24) is 14.7 Å². The molecule has 2 aliphatic rings. The van der Waals surface area contributed by atoms with Crippen LogP contribution in [0.3, 0.4) is 0 Å². The molecule has 0 atom stereocenters. The first kappa shape index (κ1) is 23.6. The number of nitriles is 1. The molecule has 0 unspecified atom stereocenters. The summed E-state index contributed by atoms with van der Waals surface area (Å²) in [4.78, 5) is 19.1. The van der Waals surface area contributed by atoms with Gasteiger partial charge in [-0.05, 0) is 30.3 Å². The summed E-state index contributed by atoms with van der Waals surface area (Å²) < 4.78 is 41.1. The predicted molar refractivity (Wildman–Crippen MR) is 129 cm³/mol. The lowest BCUT2D eigenvalue weighted by molar-refractivity contribution is -0.137. The maximum absolute atomic E-state index is 13.3. The van der Waals surface area contributed by atoms with Crippen molar-refractivity contribution >= 4 is 23.1 Å². The van der Waals surface area contributed by atoms with E-state index in [9.17, 15) is 23.2 Å². The van der Waals surface area contributed by atoms with Crippen molar-refractivity contribution in [1.29, 1.82) is 5.26 Å². The van der Waals surface area contributed by atoms with E-state index < -0.39 is 11.7 Å². The van der Waals surface area contributed by atoms with Crippen LogP contribution in [0.4, 0.5) is 24.7 Å². The number of carbonyl (C=O) groups is 1. The number of hydrogen-bond acceptors (Lipinski definition) is 5. The smallest absolute Gasteiger partial charge is 0.369 e. The molecule has 3 aromatic rings. The third kappa shape index (κ3) is 4.57. The van der Waals surface area contributed by atoms with Crippen molar-refractivity contribution in [3.05, 3.63) is 83.6 Å². The van der Waals surface area contributed by atoms with E-state index in [1.807, 2.05) is 18.2 Å². The van der Waals surface area contributed by atoms with E-state index in [0.717, 1.165) is 30.9 Å². The standard InChI is InChI=1S/C26H23F3N6O/c27-26(28,29)21-6-4-5-19(15-21)23-9-10-34(25-20(16-30)17-31-35(23)25)24(36)18-32-11-13-33(14-12-32)22-7-2-1-3-8-22/h1-9,15,17H,10-14,18H2. The minimum absolute atomic E-state index is 0.134. The molecule has 0 bridgehead atoms. The van der Waals surface area contributed by atoms with Crippen LogP contribution in [0.5, 0.6) is 0 Å². The average molecular weight is 493 g/mol. The first-order valence-corrected chi connectivity index (χ1v) is 11.5. The summed E-state index contributed by atoms with van der Waals surface area (Å²) in [6.07, 6.45) is -1.48. The number of carbonyl (C=O) groups excluding carboxylic acids is 1. The fraction of sp³-hybridized carbons (Fsp3) is 0.269. The molecule has 5 rings (SSSR count). The fourth-order valence-electron chi connectivity index (χ4n) is 4.60. The first-order chi connectivity index (χ1) is 17.3. The number of halogens is 3. The molecule has 0 aliphatic carbocycles. The molecule has 0 saturated carbocycles. The van der Waals surface area contributed by atoms with Gasteiger partial charge in [-0.15, -0.1) is 0 Å². The van der Waals surface area contributed by atoms with Gasteiger partial charge in [0.05, 0.1) is 24.0 Å².